The minimum atomic E-state index is -0.330. The van der Waals surface area contributed by atoms with Gasteiger partial charge >= 0.3 is 0 Å². The quantitative estimate of drug-likeness (QED) is 0.321. The Kier molecular flexibility index (Phi) is 5.82. The van der Waals surface area contributed by atoms with Crippen molar-refractivity contribution in [1.82, 2.24) is 19.5 Å². The number of aromatic nitrogens is 4. The Morgan fingerprint density at radius 2 is 1.41 bits per heavy atom. The van der Waals surface area contributed by atoms with E-state index in [9.17, 15) is 8.78 Å². The largest absolute Gasteiger partial charge is 0.348 e. The van der Waals surface area contributed by atoms with Gasteiger partial charge in [-0.3, -0.25) is 4.57 Å². The maximum absolute atomic E-state index is 13.6. The van der Waals surface area contributed by atoms with Crippen molar-refractivity contribution in [2.24, 2.45) is 0 Å². The molecule has 168 valence electrons. The second-order valence-corrected chi connectivity index (χ2v) is 7.85. The fourth-order valence-corrected chi connectivity index (χ4v) is 3.69. The molecule has 2 heterocycles. The van der Waals surface area contributed by atoms with Crippen LogP contribution in [0.25, 0.3) is 28.5 Å². The van der Waals surface area contributed by atoms with Crippen LogP contribution in [0.15, 0.2) is 97.3 Å². The molecule has 0 bridgehead atoms. The normalized spacial score (nSPS) is 11.9. The summed E-state index contributed by atoms with van der Waals surface area (Å²) in [5, 5.41) is 3.33. The van der Waals surface area contributed by atoms with Crippen molar-refractivity contribution < 1.29 is 8.78 Å². The van der Waals surface area contributed by atoms with Crippen LogP contribution in [0.2, 0.25) is 0 Å². The van der Waals surface area contributed by atoms with Crippen molar-refractivity contribution in [3.8, 4) is 28.5 Å². The van der Waals surface area contributed by atoms with Crippen molar-refractivity contribution in [1.29, 1.82) is 0 Å². The predicted octanol–water partition coefficient (Wildman–Crippen LogP) is 6.45. The number of hydrogen-bond acceptors (Lipinski definition) is 4. The number of rotatable bonds is 6. The molecule has 5 aromatic rings. The van der Waals surface area contributed by atoms with Crippen molar-refractivity contribution >= 4 is 5.95 Å². The second-order valence-electron chi connectivity index (χ2n) is 7.85. The van der Waals surface area contributed by atoms with E-state index in [2.05, 4.69) is 10.3 Å². The van der Waals surface area contributed by atoms with Crippen LogP contribution in [0.3, 0.4) is 0 Å². The van der Waals surface area contributed by atoms with Gasteiger partial charge in [0.05, 0.1) is 11.7 Å². The second kappa shape index (κ2) is 9.23. The Bertz CT molecular complexity index is 1400. The lowest BCUT2D eigenvalue weighted by atomic mass is 10.1. The molecule has 0 aliphatic heterocycles. The topological polar surface area (TPSA) is 55.6 Å². The number of nitrogens with zero attached hydrogens (tertiary/aromatic N) is 4. The molecule has 5 rings (SSSR count). The van der Waals surface area contributed by atoms with Crippen LogP contribution in [0.4, 0.5) is 14.7 Å². The summed E-state index contributed by atoms with van der Waals surface area (Å²) in [6.45, 7) is 2.04. The Morgan fingerprint density at radius 1 is 0.765 bits per heavy atom. The van der Waals surface area contributed by atoms with Crippen LogP contribution < -0.4 is 5.32 Å². The van der Waals surface area contributed by atoms with Crippen LogP contribution in [-0.2, 0) is 0 Å². The Morgan fingerprint density at radius 3 is 2.09 bits per heavy atom. The molecule has 0 aliphatic carbocycles. The first kappa shape index (κ1) is 21.5. The Hall–Kier alpha value is -4.39. The lowest BCUT2D eigenvalue weighted by molar-refractivity contribution is 0.627. The van der Waals surface area contributed by atoms with Crippen LogP contribution in [-0.4, -0.2) is 19.5 Å². The number of hydrogen-bond donors (Lipinski definition) is 1. The highest BCUT2D eigenvalue weighted by Crippen LogP contribution is 2.28. The van der Waals surface area contributed by atoms with Gasteiger partial charge in [0.15, 0.2) is 0 Å². The molecule has 5 nitrogen and oxygen atoms in total. The highest BCUT2D eigenvalue weighted by Gasteiger charge is 2.16. The number of anilines is 1. The first-order chi connectivity index (χ1) is 16.6. The van der Waals surface area contributed by atoms with E-state index in [0.717, 1.165) is 16.7 Å². The average molecular weight is 453 g/mol. The molecule has 3 aromatic carbocycles. The van der Waals surface area contributed by atoms with E-state index in [1.807, 2.05) is 48.0 Å². The molecule has 1 N–H and O–H groups in total. The predicted molar refractivity (Wildman–Crippen MR) is 128 cm³/mol. The summed E-state index contributed by atoms with van der Waals surface area (Å²) in [5.74, 6) is 0.999. The summed E-state index contributed by atoms with van der Waals surface area (Å²) >= 11 is 0. The molecule has 34 heavy (non-hydrogen) atoms. The van der Waals surface area contributed by atoms with E-state index >= 15 is 0 Å². The maximum Gasteiger partial charge on any atom is 0.225 e. The SMILES string of the molecule is CC(Nc1nccc(-n2cc(-c3ccc(F)cc3)nc2-c2ccc(F)cc2)n1)c1ccccc1. The summed E-state index contributed by atoms with van der Waals surface area (Å²) in [7, 11) is 0. The summed E-state index contributed by atoms with van der Waals surface area (Å²) in [6, 6.07) is 24.1. The number of halogens is 2. The zero-order valence-electron chi connectivity index (χ0n) is 18.4. The lowest BCUT2D eigenvalue weighted by Gasteiger charge is -2.15. The zero-order valence-corrected chi connectivity index (χ0v) is 18.4. The molecule has 2 aromatic heterocycles. The molecule has 1 unspecified atom stereocenters. The van der Waals surface area contributed by atoms with Gasteiger partial charge in [-0.15, -0.1) is 0 Å². The first-order valence-electron chi connectivity index (χ1n) is 10.8. The van der Waals surface area contributed by atoms with Gasteiger partial charge in [-0.1, -0.05) is 30.3 Å². The van der Waals surface area contributed by atoms with Crippen molar-refractivity contribution in [2.45, 2.75) is 13.0 Å². The van der Waals surface area contributed by atoms with Gasteiger partial charge in [0.1, 0.15) is 23.3 Å². The van der Waals surface area contributed by atoms with Crippen LogP contribution in [0.5, 0.6) is 0 Å². The highest BCUT2D eigenvalue weighted by atomic mass is 19.1. The van der Waals surface area contributed by atoms with Gasteiger partial charge < -0.3 is 5.32 Å². The molecule has 0 fully saturated rings. The maximum atomic E-state index is 13.6. The molecular weight excluding hydrogens is 432 g/mol. The van der Waals surface area contributed by atoms with Crippen molar-refractivity contribution in [3.63, 3.8) is 0 Å². The van der Waals surface area contributed by atoms with E-state index in [4.69, 9.17) is 9.97 Å². The van der Waals surface area contributed by atoms with E-state index in [1.54, 1.807) is 36.5 Å². The molecular formula is C27H21F2N5. The smallest absolute Gasteiger partial charge is 0.225 e. The summed E-state index contributed by atoms with van der Waals surface area (Å²) < 4.78 is 28.8. The van der Waals surface area contributed by atoms with Crippen LogP contribution >= 0.6 is 0 Å². The van der Waals surface area contributed by atoms with Gasteiger partial charge in [-0.25, -0.2) is 18.7 Å². The lowest BCUT2D eigenvalue weighted by Crippen LogP contribution is -2.10. The summed E-state index contributed by atoms with van der Waals surface area (Å²) in [4.78, 5) is 13.8. The summed E-state index contributed by atoms with van der Waals surface area (Å²) in [6.07, 6.45) is 3.51. The Labute approximate surface area is 195 Å². The minimum Gasteiger partial charge on any atom is -0.348 e. The molecule has 0 aliphatic rings. The third kappa shape index (κ3) is 4.54. The van der Waals surface area contributed by atoms with Gasteiger partial charge in [0, 0.05) is 23.5 Å². The highest BCUT2D eigenvalue weighted by molar-refractivity contribution is 5.67. The fourth-order valence-electron chi connectivity index (χ4n) is 3.69. The molecule has 0 amide bonds. The minimum absolute atomic E-state index is 0.00517. The van der Waals surface area contributed by atoms with Crippen LogP contribution in [0, 0.1) is 11.6 Å². The van der Waals surface area contributed by atoms with Gasteiger partial charge in [-0.05, 0) is 67.1 Å². The molecule has 0 saturated carbocycles. The van der Waals surface area contributed by atoms with Gasteiger partial charge in [-0.2, -0.15) is 4.98 Å². The third-order valence-corrected chi connectivity index (χ3v) is 5.48. The number of nitrogens with one attached hydrogen (secondary N) is 1. The fraction of sp³-hybridized carbons (Fsp3) is 0.0741. The zero-order chi connectivity index (χ0) is 23.5. The first-order valence-corrected chi connectivity index (χ1v) is 10.8. The average Bonchev–Trinajstić information content (AvgIpc) is 3.31. The Balaban J connectivity index is 1.55. The van der Waals surface area contributed by atoms with Crippen molar-refractivity contribution in [3.05, 3.63) is 115 Å². The molecule has 7 heteroatoms. The molecule has 1 atom stereocenters. The molecule has 0 radical (unpaired) electrons. The molecule has 0 saturated heterocycles. The van der Waals surface area contributed by atoms with E-state index in [0.29, 0.717) is 23.3 Å². The van der Waals surface area contributed by atoms with Crippen LogP contribution in [0.1, 0.15) is 18.5 Å². The van der Waals surface area contributed by atoms with Gasteiger partial charge in [0.25, 0.3) is 0 Å². The monoisotopic (exact) mass is 453 g/mol. The standard InChI is InChI=1S/C27H21F2N5/c1-18(19-5-3-2-4-6-19)31-27-30-16-15-25(33-27)34-17-24(20-7-11-22(28)12-8-20)32-26(34)21-9-13-23(29)14-10-21/h2-18H,1H3,(H,30,31,33). The molecule has 0 spiro atoms. The van der Waals surface area contributed by atoms with Gasteiger partial charge in [0.2, 0.25) is 5.95 Å². The number of benzene rings is 3. The van der Waals surface area contributed by atoms with E-state index in [1.165, 1.54) is 24.3 Å². The number of imidazole rings is 1. The third-order valence-electron chi connectivity index (χ3n) is 5.48. The summed E-state index contributed by atoms with van der Waals surface area (Å²) in [5.41, 5.74) is 3.24. The van der Waals surface area contributed by atoms with E-state index < -0.39 is 0 Å². The van der Waals surface area contributed by atoms with Crippen molar-refractivity contribution in [2.75, 3.05) is 5.32 Å². The van der Waals surface area contributed by atoms with E-state index in [-0.39, 0.29) is 17.7 Å².